The molecule has 1 heterocycles. The molecule has 1 atom stereocenters. The average Bonchev–Trinajstić information content (AvgIpc) is 2.15. The van der Waals surface area contributed by atoms with Crippen LogP contribution in [0, 0.1) is 0 Å². The van der Waals surface area contributed by atoms with Gasteiger partial charge in [0.25, 0.3) is 0 Å². The van der Waals surface area contributed by atoms with E-state index in [9.17, 15) is 4.79 Å². The first-order chi connectivity index (χ1) is 7.42. The monoisotopic (exact) mass is 228 g/mol. The van der Waals surface area contributed by atoms with Gasteiger partial charge in [-0.25, -0.2) is 4.79 Å². The smallest absolute Gasteiger partial charge is 0.408 e. The van der Waals surface area contributed by atoms with E-state index in [4.69, 9.17) is 9.47 Å². The molecule has 1 aliphatic rings. The molecule has 0 aromatic heterocycles. The Morgan fingerprint density at radius 2 is 2.19 bits per heavy atom. The highest BCUT2D eigenvalue weighted by Crippen LogP contribution is 2.11. The lowest BCUT2D eigenvalue weighted by molar-refractivity contribution is 0.0510. The SMILES string of the molecule is COC1=NCCCC1NC(=O)OC(C)(C)C. The number of carbonyl (C=O) groups excluding carboxylic acids is 1. The zero-order valence-electron chi connectivity index (χ0n) is 10.4. The second-order valence-corrected chi connectivity index (χ2v) is 4.77. The van der Waals surface area contributed by atoms with Crippen molar-refractivity contribution in [3.8, 4) is 0 Å². The van der Waals surface area contributed by atoms with Crippen molar-refractivity contribution in [2.75, 3.05) is 13.7 Å². The molecule has 92 valence electrons. The summed E-state index contributed by atoms with van der Waals surface area (Å²) in [6.07, 6.45) is 1.36. The van der Waals surface area contributed by atoms with Gasteiger partial charge in [-0.3, -0.25) is 4.99 Å². The number of rotatable bonds is 1. The molecular weight excluding hydrogens is 208 g/mol. The van der Waals surface area contributed by atoms with E-state index in [1.807, 2.05) is 20.8 Å². The summed E-state index contributed by atoms with van der Waals surface area (Å²) in [6, 6.07) is -0.159. The molecule has 0 aliphatic carbocycles. The Labute approximate surface area is 96.2 Å². The lowest BCUT2D eigenvalue weighted by atomic mass is 10.1. The van der Waals surface area contributed by atoms with Gasteiger partial charge in [0.15, 0.2) is 0 Å². The van der Waals surface area contributed by atoms with Crippen LogP contribution >= 0.6 is 0 Å². The van der Waals surface area contributed by atoms with Gasteiger partial charge in [0.1, 0.15) is 11.6 Å². The van der Waals surface area contributed by atoms with Crippen LogP contribution < -0.4 is 5.32 Å². The third-order valence-electron chi connectivity index (χ3n) is 2.12. The minimum Gasteiger partial charge on any atom is -0.483 e. The predicted molar refractivity (Wildman–Crippen MR) is 61.7 cm³/mol. The lowest BCUT2D eigenvalue weighted by Gasteiger charge is -2.25. The Bertz CT molecular complexity index is 281. The molecule has 1 amide bonds. The van der Waals surface area contributed by atoms with E-state index in [1.165, 1.54) is 0 Å². The molecule has 5 heteroatoms. The van der Waals surface area contributed by atoms with Gasteiger partial charge in [-0.05, 0) is 33.6 Å². The molecule has 1 aliphatic heterocycles. The highest BCUT2D eigenvalue weighted by Gasteiger charge is 2.24. The van der Waals surface area contributed by atoms with Gasteiger partial charge < -0.3 is 14.8 Å². The fraction of sp³-hybridized carbons (Fsp3) is 0.818. The standard InChI is InChI=1S/C11H20N2O3/c1-11(2,3)16-10(14)13-8-6-5-7-12-9(8)15-4/h8H,5-7H2,1-4H3,(H,13,14). The van der Waals surface area contributed by atoms with E-state index in [0.717, 1.165) is 19.4 Å². The number of methoxy groups -OCH3 is 1. The maximum absolute atomic E-state index is 11.5. The average molecular weight is 228 g/mol. The molecule has 1 N–H and O–H groups in total. The number of carbonyl (C=O) groups is 1. The second-order valence-electron chi connectivity index (χ2n) is 4.77. The van der Waals surface area contributed by atoms with Gasteiger partial charge in [-0.2, -0.15) is 0 Å². The Balaban J connectivity index is 2.50. The van der Waals surface area contributed by atoms with Crippen LogP contribution in [0.3, 0.4) is 0 Å². The van der Waals surface area contributed by atoms with Crippen LogP contribution in [0.4, 0.5) is 4.79 Å². The number of ether oxygens (including phenoxy) is 2. The maximum Gasteiger partial charge on any atom is 0.408 e. The normalized spacial score (nSPS) is 21.0. The summed E-state index contributed by atoms with van der Waals surface area (Å²) in [6.45, 7) is 6.26. The highest BCUT2D eigenvalue weighted by atomic mass is 16.6. The summed E-state index contributed by atoms with van der Waals surface area (Å²) >= 11 is 0. The van der Waals surface area contributed by atoms with Crippen LogP contribution in [0.1, 0.15) is 33.6 Å². The van der Waals surface area contributed by atoms with Gasteiger partial charge in [0.05, 0.1) is 7.11 Å². The van der Waals surface area contributed by atoms with Crippen LogP contribution in [0.2, 0.25) is 0 Å². The van der Waals surface area contributed by atoms with Crippen molar-refractivity contribution in [2.45, 2.75) is 45.3 Å². The topological polar surface area (TPSA) is 59.9 Å². The van der Waals surface area contributed by atoms with Crippen molar-refractivity contribution < 1.29 is 14.3 Å². The molecule has 0 saturated heterocycles. The summed E-state index contributed by atoms with van der Waals surface area (Å²) < 4.78 is 10.3. The molecule has 16 heavy (non-hydrogen) atoms. The first-order valence-electron chi connectivity index (χ1n) is 5.50. The molecule has 0 spiro atoms. The number of nitrogens with zero attached hydrogens (tertiary/aromatic N) is 1. The summed E-state index contributed by atoms with van der Waals surface area (Å²) in [5, 5.41) is 2.76. The molecule has 1 rings (SSSR count). The molecule has 0 aromatic rings. The molecule has 0 aromatic carbocycles. The summed E-state index contributed by atoms with van der Waals surface area (Å²) in [5.41, 5.74) is -0.483. The quantitative estimate of drug-likeness (QED) is 0.743. The van der Waals surface area contributed by atoms with Gasteiger partial charge in [-0.1, -0.05) is 0 Å². The third kappa shape index (κ3) is 4.08. The zero-order chi connectivity index (χ0) is 12.2. The molecule has 0 radical (unpaired) electrons. The Kier molecular flexibility index (Phi) is 4.15. The van der Waals surface area contributed by atoms with Crippen molar-refractivity contribution in [2.24, 2.45) is 4.99 Å². The molecule has 1 unspecified atom stereocenters. The van der Waals surface area contributed by atoms with Gasteiger partial charge >= 0.3 is 6.09 Å². The van der Waals surface area contributed by atoms with Crippen LogP contribution in [-0.4, -0.2) is 37.3 Å². The van der Waals surface area contributed by atoms with Crippen LogP contribution in [-0.2, 0) is 9.47 Å². The Morgan fingerprint density at radius 1 is 1.50 bits per heavy atom. The summed E-state index contributed by atoms with van der Waals surface area (Å²) in [5.74, 6) is 0.581. The fourth-order valence-corrected chi connectivity index (χ4v) is 1.51. The van der Waals surface area contributed by atoms with Crippen LogP contribution in [0.15, 0.2) is 4.99 Å². The Hall–Kier alpha value is -1.26. The molecule has 0 saturated carbocycles. The van der Waals surface area contributed by atoms with Gasteiger partial charge in [0, 0.05) is 6.54 Å². The third-order valence-corrected chi connectivity index (χ3v) is 2.12. The molecule has 5 nitrogen and oxygen atoms in total. The molecular formula is C11H20N2O3. The van der Waals surface area contributed by atoms with E-state index in [-0.39, 0.29) is 6.04 Å². The predicted octanol–water partition coefficient (Wildman–Crippen LogP) is 1.72. The number of nitrogens with one attached hydrogen (secondary N) is 1. The highest BCUT2D eigenvalue weighted by molar-refractivity contribution is 5.86. The van der Waals surface area contributed by atoms with E-state index in [1.54, 1.807) is 7.11 Å². The van der Waals surface area contributed by atoms with E-state index < -0.39 is 11.7 Å². The fourth-order valence-electron chi connectivity index (χ4n) is 1.51. The first-order valence-corrected chi connectivity index (χ1v) is 5.50. The van der Waals surface area contributed by atoms with Crippen LogP contribution in [0.5, 0.6) is 0 Å². The van der Waals surface area contributed by atoms with Crippen molar-refractivity contribution in [1.82, 2.24) is 5.32 Å². The Morgan fingerprint density at radius 3 is 2.75 bits per heavy atom. The van der Waals surface area contributed by atoms with Crippen molar-refractivity contribution in [3.05, 3.63) is 0 Å². The summed E-state index contributed by atoms with van der Waals surface area (Å²) in [7, 11) is 1.56. The molecule has 0 fully saturated rings. The van der Waals surface area contributed by atoms with Crippen molar-refractivity contribution >= 4 is 12.0 Å². The number of aliphatic imine (C=N–C) groups is 1. The van der Waals surface area contributed by atoms with E-state index >= 15 is 0 Å². The number of hydrogen-bond acceptors (Lipinski definition) is 4. The van der Waals surface area contributed by atoms with E-state index in [0.29, 0.717) is 5.90 Å². The minimum atomic E-state index is -0.483. The van der Waals surface area contributed by atoms with Crippen molar-refractivity contribution in [3.63, 3.8) is 0 Å². The number of hydrogen-bond donors (Lipinski definition) is 1. The minimum absolute atomic E-state index is 0.159. The first kappa shape index (κ1) is 12.8. The second kappa shape index (κ2) is 5.18. The van der Waals surface area contributed by atoms with Gasteiger partial charge in [0.2, 0.25) is 5.90 Å². The zero-order valence-corrected chi connectivity index (χ0v) is 10.4. The number of amides is 1. The largest absolute Gasteiger partial charge is 0.483 e. The van der Waals surface area contributed by atoms with Crippen LogP contribution in [0.25, 0.3) is 0 Å². The summed E-state index contributed by atoms with van der Waals surface area (Å²) in [4.78, 5) is 15.7. The molecule has 0 bridgehead atoms. The maximum atomic E-state index is 11.5. The lowest BCUT2D eigenvalue weighted by Crippen LogP contribution is -2.45. The van der Waals surface area contributed by atoms with Crippen molar-refractivity contribution in [1.29, 1.82) is 0 Å². The number of alkyl carbamates (subject to hydrolysis) is 1. The van der Waals surface area contributed by atoms with Gasteiger partial charge in [-0.15, -0.1) is 0 Å². The van der Waals surface area contributed by atoms with E-state index in [2.05, 4.69) is 10.3 Å².